The van der Waals surface area contributed by atoms with E-state index < -0.39 is 49.5 Å². The molecule has 0 aromatic heterocycles. The Labute approximate surface area is 268 Å². The molecule has 1 fully saturated rings. The van der Waals surface area contributed by atoms with Gasteiger partial charge in [0.1, 0.15) is 24.4 Å². The third-order valence-corrected chi connectivity index (χ3v) is 8.96. The molecule has 0 saturated carbocycles. The van der Waals surface area contributed by atoms with Gasteiger partial charge in [-0.05, 0) is 12.8 Å². The molecule has 0 spiro atoms. The van der Waals surface area contributed by atoms with Crippen LogP contribution in [0.15, 0.2) is 0 Å². The summed E-state index contributed by atoms with van der Waals surface area (Å²) in [6, 6.07) is -0.707. The molecule has 1 saturated heterocycles. The maximum absolute atomic E-state index is 12.8. The highest BCUT2D eigenvalue weighted by molar-refractivity contribution is 5.76. The summed E-state index contributed by atoms with van der Waals surface area (Å²) in [5, 5.41) is 53.9. The molecular weight excluding hydrogens is 562 g/mol. The maximum Gasteiger partial charge on any atom is 0.220 e. The van der Waals surface area contributed by atoms with E-state index in [1.165, 1.54) is 96.3 Å². The standard InChI is InChI=1S/C35H69NO8/c1-3-5-7-9-11-13-15-17-19-21-23-25-31(39)36-28(27-43-35-34(42)33(41)32(40)30(26-37)44-35)29(38)24-22-20-18-16-14-12-10-8-6-4-2/h28-30,32-35,37-38,40-42H,3-27H2,1-2H3,(H,36,39)/t28-,29+,30+,32+,33?,34?,35+/m0/s1. The number of unbranched alkanes of at least 4 members (excludes halogenated alkanes) is 19. The first-order chi connectivity index (χ1) is 21.3. The molecule has 1 heterocycles. The highest BCUT2D eigenvalue weighted by atomic mass is 16.7. The van der Waals surface area contributed by atoms with E-state index in [0.717, 1.165) is 38.5 Å². The van der Waals surface area contributed by atoms with Gasteiger partial charge in [0.2, 0.25) is 5.91 Å². The SMILES string of the molecule is CCCCCCCCCCCCCC(=O)N[C@@H](CO[C@@H]1O[C@H](CO)[C@@H](O)C(O)C1O)[C@H](O)CCCCCCCCCCCC. The van der Waals surface area contributed by atoms with Gasteiger partial charge in [0, 0.05) is 6.42 Å². The quantitative estimate of drug-likeness (QED) is 0.0580. The Balaban J connectivity index is 2.45. The summed E-state index contributed by atoms with van der Waals surface area (Å²) in [4.78, 5) is 12.8. The largest absolute Gasteiger partial charge is 0.394 e. The summed E-state index contributed by atoms with van der Waals surface area (Å²) in [7, 11) is 0. The van der Waals surface area contributed by atoms with E-state index in [1.54, 1.807) is 0 Å². The first-order valence-electron chi connectivity index (χ1n) is 18.2. The van der Waals surface area contributed by atoms with Gasteiger partial charge < -0.3 is 40.3 Å². The Morgan fingerprint density at radius 3 is 1.61 bits per heavy atom. The van der Waals surface area contributed by atoms with E-state index in [1.807, 2.05) is 0 Å². The molecule has 1 aliphatic rings. The Hall–Kier alpha value is -0.810. The fourth-order valence-corrected chi connectivity index (χ4v) is 5.92. The molecule has 0 aliphatic carbocycles. The lowest BCUT2D eigenvalue weighted by molar-refractivity contribution is -0.302. The number of aliphatic hydroxyl groups excluding tert-OH is 5. The molecule has 1 aliphatic heterocycles. The zero-order valence-electron chi connectivity index (χ0n) is 28.2. The van der Waals surface area contributed by atoms with Crippen LogP contribution >= 0.6 is 0 Å². The number of ether oxygens (including phenoxy) is 2. The summed E-state index contributed by atoms with van der Waals surface area (Å²) in [6.45, 7) is 3.78. The summed E-state index contributed by atoms with van der Waals surface area (Å²) in [5.74, 6) is -0.148. The average molecular weight is 632 g/mol. The van der Waals surface area contributed by atoms with Crippen molar-refractivity contribution >= 4 is 5.91 Å². The van der Waals surface area contributed by atoms with Crippen molar-refractivity contribution in [3.05, 3.63) is 0 Å². The van der Waals surface area contributed by atoms with Crippen LogP contribution in [-0.2, 0) is 14.3 Å². The highest BCUT2D eigenvalue weighted by Gasteiger charge is 2.44. The number of aliphatic hydroxyl groups is 5. The maximum atomic E-state index is 12.8. The molecule has 1 rings (SSSR count). The van der Waals surface area contributed by atoms with Crippen LogP contribution in [-0.4, -0.2) is 87.5 Å². The second-order valence-corrected chi connectivity index (χ2v) is 13.0. The van der Waals surface area contributed by atoms with Crippen molar-refractivity contribution in [2.24, 2.45) is 0 Å². The molecule has 0 bridgehead atoms. The van der Waals surface area contributed by atoms with E-state index in [9.17, 15) is 30.3 Å². The molecule has 9 nitrogen and oxygen atoms in total. The van der Waals surface area contributed by atoms with E-state index in [-0.39, 0.29) is 12.5 Å². The second kappa shape index (κ2) is 27.3. The number of nitrogens with one attached hydrogen (secondary N) is 1. The first kappa shape index (κ1) is 41.2. The van der Waals surface area contributed by atoms with Crippen molar-refractivity contribution in [1.29, 1.82) is 0 Å². The smallest absolute Gasteiger partial charge is 0.220 e. The number of hydrogen-bond donors (Lipinski definition) is 6. The van der Waals surface area contributed by atoms with Crippen molar-refractivity contribution in [3.63, 3.8) is 0 Å². The number of rotatable bonds is 29. The normalized spacial score (nSPS) is 23.5. The molecule has 0 aromatic carbocycles. The van der Waals surface area contributed by atoms with Gasteiger partial charge in [-0.15, -0.1) is 0 Å². The predicted molar refractivity (Wildman–Crippen MR) is 175 cm³/mol. The van der Waals surface area contributed by atoms with Gasteiger partial charge in [-0.3, -0.25) is 4.79 Å². The second-order valence-electron chi connectivity index (χ2n) is 13.0. The summed E-state index contributed by atoms with van der Waals surface area (Å²) < 4.78 is 11.2. The van der Waals surface area contributed by atoms with Gasteiger partial charge >= 0.3 is 0 Å². The molecule has 9 heteroatoms. The molecule has 6 N–H and O–H groups in total. The lowest BCUT2D eigenvalue weighted by atomic mass is 9.99. The lowest BCUT2D eigenvalue weighted by Crippen LogP contribution is -2.60. The lowest BCUT2D eigenvalue weighted by Gasteiger charge is -2.40. The third-order valence-electron chi connectivity index (χ3n) is 8.96. The predicted octanol–water partition coefficient (Wildman–Crippen LogP) is 5.66. The Kier molecular flexibility index (Phi) is 25.6. The minimum absolute atomic E-state index is 0.133. The zero-order chi connectivity index (χ0) is 32.4. The summed E-state index contributed by atoms with van der Waals surface area (Å²) in [6.07, 6.45) is 18.3. The minimum atomic E-state index is -1.54. The van der Waals surface area contributed by atoms with Crippen LogP contribution in [0.3, 0.4) is 0 Å². The van der Waals surface area contributed by atoms with Gasteiger partial charge in [-0.2, -0.15) is 0 Å². The molecule has 2 unspecified atom stereocenters. The molecular formula is C35H69NO8. The van der Waals surface area contributed by atoms with Crippen LogP contribution < -0.4 is 5.32 Å². The molecule has 0 radical (unpaired) electrons. The van der Waals surface area contributed by atoms with Crippen LogP contribution in [0.1, 0.15) is 162 Å². The Morgan fingerprint density at radius 1 is 0.682 bits per heavy atom. The van der Waals surface area contributed by atoms with Gasteiger partial charge in [0.15, 0.2) is 6.29 Å². The molecule has 0 aromatic rings. The fourth-order valence-electron chi connectivity index (χ4n) is 5.92. The molecule has 7 atom stereocenters. The van der Waals surface area contributed by atoms with Crippen molar-refractivity contribution < 1.29 is 39.8 Å². The van der Waals surface area contributed by atoms with Crippen molar-refractivity contribution in [3.8, 4) is 0 Å². The monoisotopic (exact) mass is 632 g/mol. The van der Waals surface area contributed by atoms with Gasteiger partial charge in [0.05, 0.1) is 25.4 Å². The topological polar surface area (TPSA) is 149 Å². The van der Waals surface area contributed by atoms with Gasteiger partial charge in [-0.1, -0.05) is 142 Å². The molecule has 262 valence electrons. The number of hydrogen-bond acceptors (Lipinski definition) is 8. The number of carbonyl (C=O) groups excluding carboxylic acids is 1. The first-order valence-corrected chi connectivity index (χ1v) is 18.2. The molecule has 1 amide bonds. The summed E-state index contributed by atoms with van der Waals surface area (Å²) in [5.41, 5.74) is 0. The minimum Gasteiger partial charge on any atom is -0.394 e. The van der Waals surface area contributed by atoms with E-state index in [4.69, 9.17) is 9.47 Å². The van der Waals surface area contributed by atoms with Crippen molar-refractivity contribution in [2.75, 3.05) is 13.2 Å². The van der Waals surface area contributed by atoms with Crippen LogP contribution in [0.5, 0.6) is 0 Å². The number of amides is 1. The average Bonchev–Trinajstić information content (AvgIpc) is 3.02. The fraction of sp³-hybridized carbons (Fsp3) is 0.971. The van der Waals surface area contributed by atoms with Crippen molar-refractivity contribution in [2.45, 2.75) is 204 Å². The third kappa shape index (κ3) is 19.0. The van der Waals surface area contributed by atoms with E-state index >= 15 is 0 Å². The highest BCUT2D eigenvalue weighted by Crippen LogP contribution is 2.23. The zero-order valence-corrected chi connectivity index (χ0v) is 28.2. The van der Waals surface area contributed by atoms with Crippen LogP contribution in [0.25, 0.3) is 0 Å². The number of carbonyl (C=O) groups is 1. The molecule has 44 heavy (non-hydrogen) atoms. The summed E-state index contributed by atoms with van der Waals surface area (Å²) >= 11 is 0. The van der Waals surface area contributed by atoms with Crippen LogP contribution in [0.2, 0.25) is 0 Å². The Bertz CT molecular complexity index is 667. The van der Waals surface area contributed by atoms with E-state index in [0.29, 0.717) is 12.8 Å². The van der Waals surface area contributed by atoms with Crippen LogP contribution in [0, 0.1) is 0 Å². The van der Waals surface area contributed by atoms with Crippen LogP contribution in [0.4, 0.5) is 0 Å². The van der Waals surface area contributed by atoms with E-state index in [2.05, 4.69) is 19.2 Å². The van der Waals surface area contributed by atoms with Gasteiger partial charge in [-0.25, -0.2) is 0 Å². The van der Waals surface area contributed by atoms with Gasteiger partial charge in [0.25, 0.3) is 0 Å². The Morgan fingerprint density at radius 2 is 1.14 bits per heavy atom. The van der Waals surface area contributed by atoms with Crippen molar-refractivity contribution in [1.82, 2.24) is 5.32 Å².